The van der Waals surface area contributed by atoms with E-state index >= 15 is 0 Å². The largest absolute Gasteiger partial charge is 0.269 e. The van der Waals surface area contributed by atoms with Crippen LogP contribution in [0, 0.1) is 17.6 Å². The zero-order chi connectivity index (χ0) is 11.5. The summed E-state index contributed by atoms with van der Waals surface area (Å²) in [5.74, 6) is 5.10. The normalized spacial score (nSPS) is 18.9. The van der Waals surface area contributed by atoms with Gasteiger partial charge in [0, 0.05) is 18.7 Å². The van der Waals surface area contributed by atoms with Crippen LogP contribution in [-0.4, -0.2) is 18.1 Å². The molecule has 1 saturated heterocycles. The van der Waals surface area contributed by atoms with Crippen LogP contribution in [0.4, 0.5) is 8.78 Å². The van der Waals surface area contributed by atoms with Crippen LogP contribution < -0.4 is 5.84 Å². The monoisotopic (exact) mass is 226 g/mol. The molecule has 2 nitrogen and oxygen atoms in total. The fourth-order valence-electron chi connectivity index (χ4n) is 2.17. The van der Waals surface area contributed by atoms with Crippen LogP contribution in [0.2, 0.25) is 0 Å². The number of hydrazine groups is 1. The maximum Gasteiger partial charge on any atom is 0.129 e. The van der Waals surface area contributed by atoms with Crippen LogP contribution in [0.1, 0.15) is 18.4 Å². The molecule has 1 aliphatic heterocycles. The number of hydrogen-bond acceptors (Lipinski definition) is 2. The van der Waals surface area contributed by atoms with Crippen molar-refractivity contribution < 1.29 is 8.78 Å². The van der Waals surface area contributed by atoms with Gasteiger partial charge in [0.25, 0.3) is 0 Å². The topological polar surface area (TPSA) is 29.3 Å². The maximum absolute atomic E-state index is 13.4. The first-order valence-corrected chi connectivity index (χ1v) is 5.59. The van der Waals surface area contributed by atoms with E-state index in [0.29, 0.717) is 12.3 Å². The molecule has 0 spiro atoms. The molecule has 2 N–H and O–H groups in total. The molecule has 0 aromatic heterocycles. The summed E-state index contributed by atoms with van der Waals surface area (Å²) in [4.78, 5) is 0. The lowest BCUT2D eigenvalue weighted by Gasteiger charge is -2.28. The van der Waals surface area contributed by atoms with Gasteiger partial charge in [-0.05, 0) is 37.3 Å². The molecule has 2 rings (SSSR count). The van der Waals surface area contributed by atoms with E-state index in [4.69, 9.17) is 5.84 Å². The highest BCUT2D eigenvalue weighted by Gasteiger charge is 2.20. The second kappa shape index (κ2) is 4.89. The van der Waals surface area contributed by atoms with Crippen molar-refractivity contribution in [1.82, 2.24) is 5.01 Å². The van der Waals surface area contributed by atoms with E-state index in [0.717, 1.165) is 25.9 Å². The quantitative estimate of drug-likeness (QED) is 0.782. The number of nitrogens with two attached hydrogens (primary N) is 1. The van der Waals surface area contributed by atoms with Gasteiger partial charge in [-0.1, -0.05) is 6.07 Å². The molecule has 16 heavy (non-hydrogen) atoms. The number of nitrogens with zero attached hydrogens (tertiary/aromatic N) is 1. The van der Waals surface area contributed by atoms with Crippen molar-refractivity contribution in [3.05, 3.63) is 35.4 Å². The summed E-state index contributed by atoms with van der Waals surface area (Å²) in [6, 6.07) is 4.03. The van der Waals surface area contributed by atoms with Crippen molar-refractivity contribution in [3.8, 4) is 0 Å². The minimum Gasteiger partial charge on any atom is -0.269 e. The molecule has 0 unspecified atom stereocenters. The maximum atomic E-state index is 13.4. The molecule has 0 bridgehead atoms. The Labute approximate surface area is 94.0 Å². The second-order valence-electron chi connectivity index (χ2n) is 4.38. The van der Waals surface area contributed by atoms with Crippen molar-refractivity contribution in [3.63, 3.8) is 0 Å². The Morgan fingerprint density at radius 1 is 1.19 bits per heavy atom. The first kappa shape index (κ1) is 11.5. The first-order valence-electron chi connectivity index (χ1n) is 5.59. The Balaban J connectivity index is 2.04. The summed E-state index contributed by atoms with van der Waals surface area (Å²) in [5.41, 5.74) is 0.220. The highest BCUT2D eigenvalue weighted by molar-refractivity contribution is 5.20. The molecule has 0 aliphatic carbocycles. The number of halogens is 2. The van der Waals surface area contributed by atoms with E-state index in [9.17, 15) is 8.78 Å². The average Bonchev–Trinajstić information content (AvgIpc) is 2.26. The minimum absolute atomic E-state index is 0.220. The zero-order valence-electron chi connectivity index (χ0n) is 9.13. The third-order valence-corrected chi connectivity index (χ3v) is 3.20. The molecule has 1 aromatic rings. The van der Waals surface area contributed by atoms with Gasteiger partial charge in [0.2, 0.25) is 0 Å². The van der Waals surface area contributed by atoms with Crippen molar-refractivity contribution in [2.24, 2.45) is 11.8 Å². The van der Waals surface area contributed by atoms with Gasteiger partial charge in [0.05, 0.1) is 0 Å². The van der Waals surface area contributed by atoms with Gasteiger partial charge in [0.15, 0.2) is 0 Å². The van der Waals surface area contributed by atoms with E-state index in [1.54, 1.807) is 5.01 Å². The molecule has 1 fully saturated rings. The second-order valence-corrected chi connectivity index (χ2v) is 4.38. The zero-order valence-corrected chi connectivity index (χ0v) is 9.13. The van der Waals surface area contributed by atoms with E-state index in [2.05, 4.69) is 0 Å². The van der Waals surface area contributed by atoms with Crippen LogP contribution >= 0.6 is 0 Å². The summed E-state index contributed by atoms with van der Waals surface area (Å²) in [5, 5.41) is 1.76. The molecule has 0 atom stereocenters. The molecule has 0 radical (unpaired) electrons. The van der Waals surface area contributed by atoms with E-state index in [-0.39, 0.29) is 5.56 Å². The Hall–Kier alpha value is -1.00. The lowest BCUT2D eigenvalue weighted by Crippen LogP contribution is -2.39. The van der Waals surface area contributed by atoms with Crippen LogP contribution in [0.25, 0.3) is 0 Å². The molecular weight excluding hydrogens is 210 g/mol. The summed E-state index contributed by atoms with van der Waals surface area (Å²) >= 11 is 0. The molecule has 88 valence electrons. The van der Waals surface area contributed by atoms with Crippen molar-refractivity contribution >= 4 is 0 Å². The van der Waals surface area contributed by atoms with Gasteiger partial charge >= 0.3 is 0 Å². The highest BCUT2D eigenvalue weighted by atomic mass is 19.1. The molecule has 1 aromatic carbocycles. The molecule has 4 heteroatoms. The minimum atomic E-state index is -0.435. The van der Waals surface area contributed by atoms with Crippen LogP contribution in [0.15, 0.2) is 18.2 Å². The van der Waals surface area contributed by atoms with Gasteiger partial charge in [-0.2, -0.15) is 0 Å². The molecule has 1 aliphatic rings. The van der Waals surface area contributed by atoms with Crippen LogP contribution in [-0.2, 0) is 6.42 Å². The predicted octanol–water partition coefficient (Wildman–Crippen LogP) is 2.09. The molecule has 1 heterocycles. The fourth-order valence-corrected chi connectivity index (χ4v) is 2.17. The van der Waals surface area contributed by atoms with Gasteiger partial charge in [-0.15, -0.1) is 0 Å². The van der Waals surface area contributed by atoms with Crippen molar-refractivity contribution in [1.29, 1.82) is 0 Å². The van der Waals surface area contributed by atoms with E-state index < -0.39 is 11.6 Å². The average molecular weight is 226 g/mol. The Bertz CT molecular complexity index is 340. The predicted molar refractivity (Wildman–Crippen MR) is 58.5 cm³/mol. The number of rotatable bonds is 2. The molecule has 0 saturated carbocycles. The summed E-state index contributed by atoms with van der Waals surface area (Å²) in [6.45, 7) is 1.61. The number of piperidine rings is 1. The van der Waals surface area contributed by atoms with Gasteiger partial charge < -0.3 is 0 Å². The Morgan fingerprint density at radius 3 is 2.31 bits per heavy atom. The van der Waals surface area contributed by atoms with Crippen LogP contribution in [0.5, 0.6) is 0 Å². The SMILES string of the molecule is NN1CCC(Cc2c(F)cccc2F)CC1. The molecular formula is C12H16F2N2. The summed E-state index contributed by atoms with van der Waals surface area (Å²) in [7, 11) is 0. The van der Waals surface area contributed by atoms with Gasteiger partial charge in [0.1, 0.15) is 11.6 Å². The number of benzene rings is 1. The third kappa shape index (κ3) is 2.57. The van der Waals surface area contributed by atoms with Gasteiger partial charge in [-0.3, -0.25) is 5.84 Å². The Morgan fingerprint density at radius 2 is 1.75 bits per heavy atom. The fraction of sp³-hybridized carbons (Fsp3) is 0.500. The van der Waals surface area contributed by atoms with Crippen molar-refractivity contribution in [2.45, 2.75) is 19.3 Å². The van der Waals surface area contributed by atoms with Crippen molar-refractivity contribution in [2.75, 3.05) is 13.1 Å². The lowest BCUT2D eigenvalue weighted by atomic mass is 9.90. The van der Waals surface area contributed by atoms with Gasteiger partial charge in [-0.25, -0.2) is 13.8 Å². The van der Waals surface area contributed by atoms with Crippen LogP contribution in [0.3, 0.4) is 0 Å². The lowest BCUT2D eigenvalue weighted by molar-refractivity contribution is 0.186. The summed E-state index contributed by atoms with van der Waals surface area (Å²) < 4.78 is 26.8. The van der Waals surface area contributed by atoms with E-state index in [1.165, 1.54) is 18.2 Å². The molecule has 0 amide bonds. The first-order chi connectivity index (χ1) is 7.66. The van der Waals surface area contributed by atoms with E-state index in [1.807, 2.05) is 0 Å². The highest BCUT2D eigenvalue weighted by Crippen LogP contribution is 2.23. The standard InChI is InChI=1S/C12H16F2N2/c13-11-2-1-3-12(14)10(11)8-9-4-6-16(15)7-5-9/h1-3,9H,4-8,15H2. The Kier molecular flexibility index (Phi) is 3.51. The third-order valence-electron chi connectivity index (χ3n) is 3.20. The number of hydrogen-bond donors (Lipinski definition) is 1. The smallest absolute Gasteiger partial charge is 0.129 e. The summed E-state index contributed by atoms with van der Waals surface area (Å²) in [6.07, 6.45) is 2.29.